The lowest BCUT2D eigenvalue weighted by atomic mass is 9.85. The molecule has 2 atom stereocenters. The number of rotatable bonds is 6. The number of nitrogens with zero attached hydrogens (tertiary/aromatic N) is 1. The first kappa shape index (κ1) is 14.5. The number of likely N-dealkylation sites (tertiary alicyclic amines) is 1. The lowest BCUT2D eigenvalue weighted by Gasteiger charge is -2.31. The highest BCUT2D eigenvalue weighted by Crippen LogP contribution is 2.35. The van der Waals surface area contributed by atoms with E-state index in [1.807, 2.05) is 0 Å². The largest absolute Gasteiger partial charge is 0.466 e. The molecule has 0 amide bonds. The molecule has 2 fully saturated rings. The molecule has 1 heterocycles. The number of carbonyl (C=O) groups excluding carboxylic acids is 2. The topological polar surface area (TPSA) is 46.6 Å². The van der Waals surface area contributed by atoms with Gasteiger partial charge in [0.15, 0.2) is 0 Å². The molecule has 1 saturated carbocycles. The molecular weight excluding hydrogens is 242 g/mol. The van der Waals surface area contributed by atoms with E-state index in [0.29, 0.717) is 25.6 Å². The molecule has 1 aliphatic heterocycles. The second-order valence-electron chi connectivity index (χ2n) is 5.71. The number of carbonyl (C=O) groups is 2. The van der Waals surface area contributed by atoms with Crippen LogP contribution in [0.5, 0.6) is 0 Å². The number of esters is 1. The summed E-state index contributed by atoms with van der Waals surface area (Å²) in [6, 6.07) is 0.625. The maximum absolute atomic E-state index is 11.9. The lowest BCUT2D eigenvalue weighted by molar-refractivity contribution is -0.144. The van der Waals surface area contributed by atoms with E-state index in [2.05, 4.69) is 4.90 Å². The molecule has 0 bridgehead atoms. The van der Waals surface area contributed by atoms with E-state index in [-0.39, 0.29) is 18.2 Å². The predicted molar refractivity (Wildman–Crippen MR) is 72.8 cm³/mol. The van der Waals surface area contributed by atoms with Crippen LogP contribution in [0.4, 0.5) is 0 Å². The van der Waals surface area contributed by atoms with E-state index >= 15 is 0 Å². The summed E-state index contributed by atoms with van der Waals surface area (Å²) >= 11 is 0. The Morgan fingerprint density at radius 3 is 2.74 bits per heavy atom. The Labute approximate surface area is 115 Å². The van der Waals surface area contributed by atoms with Gasteiger partial charge in [-0.15, -0.1) is 0 Å². The van der Waals surface area contributed by atoms with E-state index in [1.54, 1.807) is 6.92 Å². The molecule has 0 radical (unpaired) electrons. The molecule has 19 heavy (non-hydrogen) atoms. The minimum atomic E-state index is -0.257. The van der Waals surface area contributed by atoms with Crippen molar-refractivity contribution < 1.29 is 14.3 Å². The van der Waals surface area contributed by atoms with Gasteiger partial charge in [-0.3, -0.25) is 14.5 Å². The summed E-state index contributed by atoms with van der Waals surface area (Å²) < 4.78 is 4.84. The number of ether oxygens (including phenoxy) is 1. The molecule has 1 aliphatic carbocycles. The van der Waals surface area contributed by atoms with Gasteiger partial charge >= 0.3 is 5.97 Å². The minimum Gasteiger partial charge on any atom is -0.466 e. The van der Waals surface area contributed by atoms with Gasteiger partial charge in [-0.05, 0) is 38.6 Å². The molecule has 0 aromatic rings. The van der Waals surface area contributed by atoms with Crippen LogP contribution in [-0.4, -0.2) is 42.4 Å². The smallest absolute Gasteiger partial charge is 0.306 e. The molecule has 4 heteroatoms. The third-order valence-electron chi connectivity index (χ3n) is 4.42. The molecule has 1 saturated heterocycles. The first-order valence-electron chi connectivity index (χ1n) is 7.62. The number of hydrogen-bond donors (Lipinski definition) is 0. The van der Waals surface area contributed by atoms with Gasteiger partial charge in [0.25, 0.3) is 0 Å². The lowest BCUT2D eigenvalue weighted by Crippen LogP contribution is -2.38. The summed E-state index contributed by atoms with van der Waals surface area (Å²) in [5.41, 5.74) is 0. The van der Waals surface area contributed by atoms with Gasteiger partial charge in [0.1, 0.15) is 5.78 Å². The van der Waals surface area contributed by atoms with E-state index < -0.39 is 0 Å². The van der Waals surface area contributed by atoms with Gasteiger partial charge < -0.3 is 4.74 Å². The number of Topliss-reactive ketones (excluding diaryl/α,β-unsaturated/α-hetero) is 1. The van der Waals surface area contributed by atoms with E-state index in [9.17, 15) is 9.59 Å². The third-order valence-corrected chi connectivity index (χ3v) is 4.42. The van der Waals surface area contributed by atoms with Crippen LogP contribution in [0.15, 0.2) is 0 Å². The SMILES string of the molecule is CCOC(=O)CCC(=O)CN1CCC2CCCCC21. The van der Waals surface area contributed by atoms with Crippen molar-refractivity contribution in [2.45, 2.75) is 57.9 Å². The summed E-state index contributed by atoms with van der Waals surface area (Å²) in [6.07, 6.45) is 7.03. The summed E-state index contributed by atoms with van der Waals surface area (Å²) in [4.78, 5) is 25.5. The molecule has 0 aromatic heterocycles. The molecule has 108 valence electrons. The van der Waals surface area contributed by atoms with Gasteiger partial charge in [0, 0.05) is 12.5 Å². The third kappa shape index (κ3) is 4.03. The van der Waals surface area contributed by atoms with Crippen LogP contribution in [0.1, 0.15) is 51.9 Å². The Kier molecular flexibility index (Phi) is 5.37. The Balaban J connectivity index is 1.72. The monoisotopic (exact) mass is 267 g/mol. The van der Waals surface area contributed by atoms with Crippen LogP contribution in [0.25, 0.3) is 0 Å². The molecule has 0 spiro atoms. The van der Waals surface area contributed by atoms with E-state index in [1.165, 1.54) is 32.1 Å². The van der Waals surface area contributed by atoms with Crippen LogP contribution in [0.3, 0.4) is 0 Å². The van der Waals surface area contributed by atoms with Crippen molar-refractivity contribution in [1.82, 2.24) is 4.90 Å². The summed E-state index contributed by atoms with van der Waals surface area (Å²) in [5, 5.41) is 0. The quantitative estimate of drug-likeness (QED) is 0.692. The zero-order valence-electron chi connectivity index (χ0n) is 11.9. The maximum atomic E-state index is 11.9. The van der Waals surface area contributed by atoms with Crippen molar-refractivity contribution in [3.05, 3.63) is 0 Å². The Bertz CT molecular complexity index is 329. The summed E-state index contributed by atoms with van der Waals surface area (Å²) in [5.74, 6) is 0.735. The minimum absolute atomic E-state index is 0.180. The van der Waals surface area contributed by atoms with Gasteiger partial charge in [-0.2, -0.15) is 0 Å². The van der Waals surface area contributed by atoms with Gasteiger partial charge in [0.05, 0.1) is 19.6 Å². The van der Waals surface area contributed by atoms with E-state index in [0.717, 1.165) is 12.5 Å². The van der Waals surface area contributed by atoms with Crippen molar-refractivity contribution in [1.29, 1.82) is 0 Å². The molecule has 2 unspecified atom stereocenters. The van der Waals surface area contributed by atoms with Crippen molar-refractivity contribution in [3.63, 3.8) is 0 Å². The zero-order valence-corrected chi connectivity index (χ0v) is 11.9. The Hall–Kier alpha value is -0.900. The maximum Gasteiger partial charge on any atom is 0.306 e. The fourth-order valence-electron chi connectivity index (χ4n) is 3.48. The molecule has 2 rings (SSSR count). The number of hydrogen-bond acceptors (Lipinski definition) is 4. The van der Waals surface area contributed by atoms with Crippen LogP contribution in [0, 0.1) is 5.92 Å². The second-order valence-corrected chi connectivity index (χ2v) is 5.71. The van der Waals surface area contributed by atoms with Gasteiger partial charge in [0.2, 0.25) is 0 Å². The fourth-order valence-corrected chi connectivity index (χ4v) is 3.48. The molecule has 4 nitrogen and oxygen atoms in total. The summed E-state index contributed by atoms with van der Waals surface area (Å²) in [7, 11) is 0. The van der Waals surface area contributed by atoms with Gasteiger partial charge in [-0.25, -0.2) is 0 Å². The first-order chi connectivity index (χ1) is 9.20. The van der Waals surface area contributed by atoms with Crippen LogP contribution in [0.2, 0.25) is 0 Å². The van der Waals surface area contributed by atoms with Gasteiger partial charge in [-0.1, -0.05) is 12.8 Å². The second kappa shape index (κ2) is 7.04. The molecular formula is C15H25NO3. The zero-order chi connectivity index (χ0) is 13.7. The van der Waals surface area contributed by atoms with Crippen LogP contribution < -0.4 is 0 Å². The summed E-state index contributed by atoms with van der Waals surface area (Å²) in [6.45, 7) is 3.76. The molecule has 0 aromatic carbocycles. The Morgan fingerprint density at radius 2 is 1.95 bits per heavy atom. The average molecular weight is 267 g/mol. The first-order valence-corrected chi connectivity index (χ1v) is 7.62. The van der Waals surface area contributed by atoms with Crippen molar-refractivity contribution in [2.24, 2.45) is 5.92 Å². The van der Waals surface area contributed by atoms with Crippen molar-refractivity contribution >= 4 is 11.8 Å². The normalized spacial score (nSPS) is 27.0. The van der Waals surface area contributed by atoms with Crippen molar-refractivity contribution in [2.75, 3.05) is 19.7 Å². The van der Waals surface area contributed by atoms with Crippen molar-refractivity contribution in [3.8, 4) is 0 Å². The molecule has 2 aliphatic rings. The van der Waals surface area contributed by atoms with Crippen LogP contribution in [-0.2, 0) is 14.3 Å². The van der Waals surface area contributed by atoms with E-state index in [4.69, 9.17) is 4.74 Å². The average Bonchev–Trinajstić information content (AvgIpc) is 2.80. The highest BCUT2D eigenvalue weighted by molar-refractivity contribution is 5.84. The standard InChI is InChI=1S/C15H25NO3/c1-2-19-15(18)8-7-13(17)11-16-10-9-12-5-3-4-6-14(12)16/h12,14H,2-11H2,1H3. The Morgan fingerprint density at radius 1 is 1.16 bits per heavy atom. The fraction of sp³-hybridized carbons (Fsp3) is 0.867. The number of ketones is 1. The van der Waals surface area contributed by atoms with Crippen LogP contribution >= 0.6 is 0 Å². The number of fused-ring (bicyclic) bond motifs is 1. The highest BCUT2D eigenvalue weighted by Gasteiger charge is 2.36. The predicted octanol–water partition coefficient (Wildman–Crippen LogP) is 2.16. The molecule has 0 N–H and O–H groups in total. The highest BCUT2D eigenvalue weighted by atomic mass is 16.5.